The van der Waals surface area contributed by atoms with Gasteiger partial charge >= 0.3 is 0 Å². The third kappa shape index (κ3) is 2.21. The molecule has 0 amide bonds. The van der Waals surface area contributed by atoms with Gasteiger partial charge in [-0.15, -0.1) is 0 Å². The molecule has 1 N–H and O–H groups in total. The van der Waals surface area contributed by atoms with Crippen molar-refractivity contribution in [1.82, 2.24) is 10.2 Å². The van der Waals surface area contributed by atoms with E-state index in [0.29, 0.717) is 0 Å². The van der Waals surface area contributed by atoms with E-state index in [-0.39, 0.29) is 4.95 Å². The second kappa shape index (κ2) is 4.49. The molecule has 1 heterocycles. The molecule has 1 atom stereocenters. The van der Waals surface area contributed by atoms with Gasteiger partial charge in [-0.05, 0) is 5.56 Å². The Balaban J connectivity index is 2.18. The van der Waals surface area contributed by atoms with Crippen molar-refractivity contribution in [3.63, 3.8) is 0 Å². The molecule has 78 valence electrons. The van der Waals surface area contributed by atoms with Crippen molar-refractivity contribution in [2.24, 2.45) is 0 Å². The summed E-state index contributed by atoms with van der Waals surface area (Å²) in [6, 6.07) is 12.2. The third-order valence-corrected chi connectivity index (χ3v) is 3.42. The second-order valence-corrected chi connectivity index (χ2v) is 4.17. The van der Waals surface area contributed by atoms with Crippen LogP contribution in [0.2, 0.25) is 0 Å². The maximum atomic E-state index is 3.93. The number of anilines is 1. The van der Waals surface area contributed by atoms with E-state index in [2.05, 4.69) is 43.2 Å². The summed E-state index contributed by atoms with van der Waals surface area (Å²) in [4.78, 5) is 2.24. The fraction of sp³-hybridized carbons (Fsp3) is 0.182. The van der Waals surface area contributed by atoms with Gasteiger partial charge in [0.15, 0.2) is 0 Å². The van der Waals surface area contributed by atoms with Crippen LogP contribution in [0.4, 0.5) is 5.82 Å². The molecule has 0 saturated heterocycles. The molecule has 0 fully saturated rings. The van der Waals surface area contributed by atoms with Crippen molar-refractivity contribution >= 4 is 21.7 Å². The first-order valence-corrected chi connectivity index (χ1v) is 5.62. The van der Waals surface area contributed by atoms with Crippen molar-refractivity contribution in [1.29, 1.82) is 0 Å². The highest BCUT2D eigenvalue weighted by Gasteiger charge is 2.13. The van der Waals surface area contributed by atoms with Crippen LogP contribution in [0.1, 0.15) is 10.5 Å². The van der Waals surface area contributed by atoms with Gasteiger partial charge in [0.25, 0.3) is 0 Å². The zero-order valence-corrected chi connectivity index (χ0v) is 9.98. The van der Waals surface area contributed by atoms with Gasteiger partial charge in [-0.2, -0.15) is 5.10 Å². The number of alkyl halides is 1. The lowest BCUT2D eigenvalue weighted by atomic mass is 10.2. The van der Waals surface area contributed by atoms with Crippen molar-refractivity contribution in [2.75, 3.05) is 11.9 Å². The summed E-state index contributed by atoms with van der Waals surface area (Å²) >= 11 is 3.65. The molecular weight excluding hydrogens is 254 g/mol. The van der Waals surface area contributed by atoms with E-state index < -0.39 is 0 Å². The summed E-state index contributed by atoms with van der Waals surface area (Å²) in [5, 5.41) is 6.87. The van der Waals surface area contributed by atoms with Crippen LogP contribution in [-0.2, 0) is 0 Å². The largest absolute Gasteiger partial charge is 0.343 e. The molecule has 0 aliphatic carbocycles. The minimum absolute atomic E-state index is 0.152. The first-order valence-electron chi connectivity index (χ1n) is 4.70. The number of halogens is 1. The minimum Gasteiger partial charge on any atom is -0.343 e. The van der Waals surface area contributed by atoms with E-state index in [1.54, 1.807) is 6.20 Å². The lowest BCUT2D eigenvalue weighted by Crippen LogP contribution is -2.19. The van der Waals surface area contributed by atoms with Gasteiger partial charge in [-0.1, -0.05) is 46.3 Å². The van der Waals surface area contributed by atoms with E-state index in [1.165, 1.54) is 5.56 Å². The Morgan fingerprint density at radius 2 is 2.00 bits per heavy atom. The van der Waals surface area contributed by atoms with E-state index in [4.69, 9.17) is 0 Å². The highest BCUT2D eigenvalue weighted by atomic mass is 79.9. The topological polar surface area (TPSA) is 31.9 Å². The Morgan fingerprint density at radius 3 is 2.60 bits per heavy atom. The summed E-state index contributed by atoms with van der Waals surface area (Å²) in [5.41, 5.74) is 1.22. The number of nitrogens with one attached hydrogen (secondary N) is 1. The lowest BCUT2D eigenvalue weighted by molar-refractivity contribution is 0.879. The average molecular weight is 266 g/mol. The van der Waals surface area contributed by atoms with Crippen LogP contribution in [-0.4, -0.2) is 17.2 Å². The molecule has 2 rings (SSSR count). The Morgan fingerprint density at radius 1 is 1.27 bits per heavy atom. The van der Waals surface area contributed by atoms with E-state index in [1.807, 2.05) is 31.3 Å². The van der Waals surface area contributed by atoms with Crippen LogP contribution in [0.5, 0.6) is 0 Å². The molecule has 0 saturated carbocycles. The molecule has 1 unspecified atom stereocenters. The number of hydrogen-bond acceptors (Lipinski definition) is 2. The standard InChI is InChI=1S/C11H12BrN3/c1-15(10-7-8-13-14-10)11(12)9-5-3-2-4-6-9/h2-8,11H,1H3,(H,13,14). The fourth-order valence-electron chi connectivity index (χ4n) is 1.40. The molecule has 0 bridgehead atoms. The molecule has 4 heteroatoms. The Labute approximate surface area is 97.2 Å². The smallest absolute Gasteiger partial charge is 0.124 e. The second-order valence-electron chi connectivity index (χ2n) is 3.30. The number of aromatic amines is 1. The van der Waals surface area contributed by atoms with Crippen LogP contribution >= 0.6 is 15.9 Å². The number of nitrogens with zero attached hydrogens (tertiary/aromatic N) is 2. The monoisotopic (exact) mass is 265 g/mol. The van der Waals surface area contributed by atoms with Crippen LogP contribution in [0.15, 0.2) is 42.6 Å². The van der Waals surface area contributed by atoms with Gasteiger partial charge in [-0.25, -0.2) is 0 Å². The highest BCUT2D eigenvalue weighted by molar-refractivity contribution is 9.09. The zero-order valence-electron chi connectivity index (χ0n) is 8.39. The maximum Gasteiger partial charge on any atom is 0.124 e. The van der Waals surface area contributed by atoms with Crippen molar-refractivity contribution < 1.29 is 0 Å². The SMILES string of the molecule is CN(c1ccn[nH]1)C(Br)c1ccccc1. The summed E-state index contributed by atoms with van der Waals surface area (Å²) in [6.45, 7) is 0. The lowest BCUT2D eigenvalue weighted by Gasteiger charge is -2.23. The van der Waals surface area contributed by atoms with Gasteiger partial charge in [0.1, 0.15) is 10.8 Å². The quantitative estimate of drug-likeness (QED) is 0.684. The van der Waals surface area contributed by atoms with Crippen LogP contribution in [0, 0.1) is 0 Å². The summed E-state index contributed by atoms with van der Waals surface area (Å²) in [5.74, 6) is 0.987. The van der Waals surface area contributed by atoms with Crippen LogP contribution in [0.3, 0.4) is 0 Å². The van der Waals surface area contributed by atoms with E-state index in [0.717, 1.165) is 5.82 Å². The summed E-state index contributed by atoms with van der Waals surface area (Å²) in [6.07, 6.45) is 1.75. The average Bonchev–Trinajstić information content (AvgIpc) is 2.82. The van der Waals surface area contributed by atoms with Gasteiger partial charge in [-0.3, -0.25) is 5.10 Å². The first-order chi connectivity index (χ1) is 7.29. The number of hydrogen-bond donors (Lipinski definition) is 1. The van der Waals surface area contributed by atoms with Gasteiger partial charge in [0.05, 0.1) is 6.20 Å². The molecule has 3 nitrogen and oxygen atoms in total. The molecule has 1 aromatic carbocycles. The minimum atomic E-state index is 0.152. The maximum absolute atomic E-state index is 3.93. The van der Waals surface area contributed by atoms with E-state index >= 15 is 0 Å². The molecule has 0 aliphatic heterocycles. The Hall–Kier alpha value is -1.29. The molecular formula is C11H12BrN3. The van der Waals surface area contributed by atoms with Crippen molar-refractivity contribution in [2.45, 2.75) is 4.95 Å². The highest BCUT2D eigenvalue weighted by Crippen LogP contribution is 2.28. The Kier molecular flexibility index (Phi) is 3.06. The molecule has 2 aromatic rings. The molecule has 15 heavy (non-hydrogen) atoms. The Bertz CT molecular complexity index is 399. The molecule has 0 radical (unpaired) electrons. The van der Waals surface area contributed by atoms with Gasteiger partial charge in [0.2, 0.25) is 0 Å². The van der Waals surface area contributed by atoms with Crippen molar-refractivity contribution in [3.8, 4) is 0 Å². The number of H-pyrrole nitrogens is 1. The summed E-state index contributed by atoms with van der Waals surface area (Å²) < 4.78 is 0. The van der Waals surface area contributed by atoms with Gasteiger partial charge < -0.3 is 4.90 Å². The van der Waals surface area contributed by atoms with Crippen LogP contribution in [0.25, 0.3) is 0 Å². The number of rotatable bonds is 3. The summed E-state index contributed by atoms with van der Waals surface area (Å²) in [7, 11) is 2.01. The molecule has 0 spiro atoms. The predicted molar refractivity (Wildman–Crippen MR) is 65.1 cm³/mol. The van der Waals surface area contributed by atoms with Gasteiger partial charge in [0, 0.05) is 13.1 Å². The van der Waals surface area contributed by atoms with Crippen molar-refractivity contribution in [3.05, 3.63) is 48.2 Å². The normalized spacial score (nSPS) is 12.4. The van der Waals surface area contributed by atoms with E-state index in [9.17, 15) is 0 Å². The fourth-order valence-corrected chi connectivity index (χ4v) is 1.93. The zero-order chi connectivity index (χ0) is 10.7. The number of aromatic nitrogens is 2. The number of benzene rings is 1. The third-order valence-electron chi connectivity index (χ3n) is 2.28. The predicted octanol–water partition coefficient (Wildman–Crippen LogP) is 2.94. The first kappa shape index (κ1) is 10.2. The van der Waals surface area contributed by atoms with Crippen LogP contribution < -0.4 is 4.90 Å². The molecule has 0 aliphatic rings. The molecule has 1 aromatic heterocycles.